The highest BCUT2D eigenvalue weighted by molar-refractivity contribution is 5.51. The van der Waals surface area contributed by atoms with E-state index in [0.29, 0.717) is 6.04 Å². The summed E-state index contributed by atoms with van der Waals surface area (Å²) >= 11 is 0. The lowest BCUT2D eigenvalue weighted by Gasteiger charge is -1.95. The minimum atomic E-state index is 0.394. The van der Waals surface area contributed by atoms with E-state index in [2.05, 4.69) is 11.9 Å². The average Bonchev–Trinajstić information content (AvgIpc) is 1.68. The van der Waals surface area contributed by atoms with Gasteiger partial charge in [0.1, 0.15) is 0 Å². The molecule has 0 saturated carbocycles. The first-order chi connectivity index (χ1) is 3.31. The van der Waals surface area contributed by atoms with Gasteiger partial charge in [0.05, 0.1) is 6.34 Å². The molecule has 0 spiro atoms. The van der Waals surface area contributed by atoms with Gasteiger partial charge in [-0.1, -0.05) is 6.92 Å². The molecule has 0 bridgehead atoms. The number of aliphatic imine (C=N–C) groups is 1. The zero-order chi connectivity index (χ0) is 5.70. The van der Waals surface area contributed by atoms with E-state index in [1.54, 1.807) is 0 Å². The average molecular weight is 100 g/mol. The second-order valence-electron chi connectivity index (χ2n) is 1.56. The molecule has 0 aromatic carbocycles. The second-order valence-corrected chi connectivity index (χ2v) is 1.56. The third kappa shape index (κ3) is 3.30. The van der Waals surface area contributed by atoms with Crippen molar-refractivity contribution in [1.29, 1.82) is 0 Å². The van der Waals surface area contributed by atoms with E-state index in [9.17, 15) is 0 Å². The third-order valence-corrected chi connectivity index (χ3v) is 0.931. The molecule has 0 aliphatic carbocycles. The standard InChI is InChI=1S/C5H12N2/c1-3-5(2)7-4-6/h4-5H,3H2,1-2H3,(H2,6,7)/t5-/m1/s1. The van der Waals surface area contributed by atoms with Crippen LogP contribution in [0.15, 0.2) is 4.99 Å². The zero-order valence-electron chi connectivity index (χ0n) is 4.89. The second kappa shape index (κ2) is 3.65. The topological polar surface area (TPSA) is 38.4 Å². The highest BCUT2D eigenvalue weighted by atomic mass is 14.8. The van der Waals surface area contributed by atoms with Crippen LogP contribution in [-0.2, 0) is 0 Å². The molecule has 2 nitrogen and oxygen atoms in total. The quantitative estimate of drug-likeness (QED) is 0.404. The number of hydrogen-bond acceptors (Lipinski definition) is 1. The van der Waals surface area contributed by atoms with E-state index in [1.807, 2.05) is 6.92 Å². The molecule has 0 unspecified atom stereocenters. The molecule has 0 radical (unpaired) electrons. The first kappa shape index (κ1) is 6.47. The Bertz CT molecular complexity index is 59.1. The van der Waals surface area contributed by atoms with Crippen LogP contribution in [0.25, 0.3) is 0 Å². The van der Waals surface area contributed by atoms with Crippen molar-refractivity contribution in [2.45, 2.75) is 26.3 Å². The Morgan fingerprint density at radius 2 is 2.43 bits per heavy atom. The monoisotopic (exact) mass is 100 g/mol. The summed E-state index contributed by atoms with van der Waals surface area (Å²) in [6.07, 6.45) is 2.42. The largest absolute Gasteiger partial charge is 0.390 e. The van der Waals surface area contributed by atoms with Crippen molar-refractivity contribution in [2.24, 2.45) is 10.7 Å². The van der Waals surface area contributed by atoms with E-state index < -0.39 is 0 Å². The number of hydrogen-bond donors (Lipinski definition) is 1. The van der Waals surface area contributed by atoms with Crippen molar-refractivity contribution in [3.63, 3.8) is 0 Å². The summed E-state index contributed by atoms with van der Waals surface area (Å²) in [5, 5.41) is 0. The van der Waals surface area contributed by atoms with Gasteiger partial charge in [-0.25, -0.2) is 0 Å². The van der Waals surface area contributed by atoms with Crippen LogP contribution < -0.4 is 5.73 Å². The minimum absolute atomic E-state index is 0.394. The lowest BCUT2D eigenvalue weighted by molar-refractivity contribution is 0.719. The molecule has 2 heteroatoms. The summed E-state index contributed by atoms with van der Waals surface area (Å²) in [7, 11) is 0. The van der Waals surface area contributed by atoms with Gasteiger partial charge in [-0.15, -0.1) is 0 Å². The van der Waals surface area contributed by atoms with Gasteiger partial charge in [0.2, 0.25) is 0 Å². The molecular formula is C5H12N2. The third-order valence-electron chi connectivity index (χ3n) is 0.931. The van der Waals surface area contributed by atoms with Crippen LogP contribution in [-0.4, -0.2) is 12.4 Å². The Morgan fingerprint density at radius 3 is 2.57 bits per heavy atom. The van der Waals surface area contributed by atoms with Gasteiger partial charge in [0, 0.05) is 6.04 Å². The molecule has 42 valence electrons. The fourth-order valence-electron chi connectivity index (χ4n) is 0.252. The van der Waals surface area contributed by atoms with Crippen molar-refractivity contribution < 1.29 is 0 Å². The van der Waals surface area contributed by atoms with Crippen LogP contribution >= 0.6 is 0 Å². The summed E-state index contributed by atoms with van der Waals surface area (Å²) in [6.45, 7) is 4.11. The molecule has 0 fully saturated rings. The van der Waals surface area contributed by atoms with E-state index in [0.717, 1.165) is 6.42 Å². The molecule has 0 saturated heterocycles. The van der Waals surface area contributed by atoms with E-state index >= 15 is 0 Å². The van der Waals surface area contributed by atoms with Crippen LogP contribution in [0, 0.1) is 0 Å². The van der Waals surface area contributed by atoms with Gasteiger partial charge in [0.15, 0.2) is 0 Å². The van der Waals surface area contributed by atoms with E-state index in [-0.39, 0.29) is 0 Å². The van der Waals surface area contributed by atoms with Crippen molar-refractivity contribution in [3.05, 3.63) is 0 Å². The predicted octanol–water partition coefficient (Wildman–Crippen LogP) is 0.772. The highest BCUT2D eigenvalue weighted by Crippen LogP contribution is 1.90. The maximum Gasteiger partial charge on any atom is 0.0801 e. The van der Waals surface area contributed by atoms with Crippen LogP contribution in [0.5, 0.6) is 0 Å². The van der Waals surface area contributed by atoms with Gasteiger partial charge >= 0.3 is 0 Å². The smallest absolute Gasteiger partial charge is 0.0801 e. The van der Waals surface area contributed by atoms with Crippen molar-refractivity contribution in [2.75, 3.05) is 0 Å². The number of nitrogens with two attached hydrogens (primary N) is 1. The zero-order valence-corrected chi connectivity index (χ0v) is 4.89. The number of rotatable bonds is 2. The van der Waals surface area contributed by atoms with Gasteiger partial charge < -0.3 is 5.73 Å². The lowest BCUT2D eigenvalue weighted by Crippen LogP contribution is -1.98. The molecule has 0 heterocycles. The first-order valence-corrected chi connectivity index (χ1v) is 2.54. The van der Waals surface area contributed by atoms with E-state index in [4.69, 9.17) is 5.73 Å². The van der Waals surface area contributed by atoms with Crippen LogP contribution in [0.4, 0.5) is 0 Å². The van der Waals surface area contributed by atoms with Crippen molar-refractivity contribution >= 4 is 6.34 Å². The Morgan fingerprint density at radius 1 is 1.86 bits per heavy atom. The first-order valence-electron chi connectivity index (χ1n) is 2.54. The Labute approximate surface area is 44.4 Å². The fraction of sp³-hybridized carbons (Fsp3) is 0.800. The normalized spacial score (nSPS) is 15.1. The molecule has 0 aliphatic heterocycles. The molecule has 0 aromatic heterocycles. The predicted molar refractivity (Wildman–Crippen MR) is 32.4 cm³/mol. The summed E-state index contributed by atoms with van der Waals surface area (Å²) in [4.78, 5) is 3.90. The van der Waals surface area contributed by atoms with Crippen LogP contribution in [0.1, 0.15) is 20.3 Å². The Hall–Kier alpha value is -0.530. The maximum atomic E-state index is 5.01. The molecule has 2 N–H and O–H groups in total. The van der Waals surface area contributed by atoms with Crippen LogP contribution in [0.2, 0.25) is 0 Å². The summed E-state index contributed by atoms with van der Waals surface area (Å²) in [5.74, 6) is 0. The SMILES string of the molecule is CC[C@@H](C)N=CN. The summed E-state index contributed by atoms with van der Waals surface area (Å²) in [6, 6.07) is 0.394. The molecule has 7 heavy (non-hydrogen) atoms. The van der Waals surface area contributed by atoms with E-state index in [1.165, 1.54) is 6.34 Å². The molecular weight excluding hydrogens is 88.1 g/mol. The van der Waals surface area contributed by atoms with Crippen molar-refractivity contribution in [3.8, 4) is 0 Å². The van der Waals surface area contributed by atoms with Crippen molar-refractivity contribution in [1.82, 2.24) is 0 Å². The van der Waals surface area contributed by atoms with Gasteiger partial charge in [-0.2, -0.15) is 0 Å². The van der Waals surface area contributed by atoms with Gasteiger partial charge in [0.25, 0.3) is 0 Å². The lowest BCUT2D eigenvalue weighted by atomic mass is 10.3. The molecule has 0 aliphatic rings. The van der Waals surface area contributed by atoms with Gasteiger partial charge in [-0.05, 0) is 13.3 Å². The molecule has 0 aromatic rings. The minimum Gasteiger partial charge on any atom is -0.390 e. The fourth-order valence-corrected chi connectivity index (χ4v) is 0.252. The Balaban J connectivity index is 3.16. The Kier molecular flexibility index (Phi) is 3.38. The molecule has 0 amide bonds. The number of nitrogens with zero attached hydrogens (tertiary/aromatic N) is 1. The van der Waals surface area contributed by atoms with Gasteiger partial charge in [-0.3, -0.25) is 4.99 Å². The maximum absolute atomic E-state index is 5.01. The molecule has 1 atom stereocenters. The summed E-state index contributed by atoms with van der Waals surface area (Å²) < 4.78 is 0. The molecule has 0 rings (SSSR count). The van der Waals surface area contributed by atoms with Crippen LogP contribution in [0.3, 0.4) is 0 Å². The highest BCUT2D eigenvalue weighted by Gasteiger charge is 1.87. The summed E-state index contributed by atoms with van der Waals surface area (Å²) in [5.41, 5.74) is 5.01.